The number of hydrogen-bond donors (Lipinski definition) is 0. The second kappa shape index (κ2) is 12.1. The van der Waals surface area contributed by atoms with E-state index < -0.39 is 53.1 Å². The van der Waals surface area contributed by atoms with E-state index in [1.807, 2.05) is 16.7 Å². The molecule has 4 amide bonds. The maximum absolute atomic E-state index is 16.3. The fourth-order valence-corrected chi connectivity index (χ4v) is 8.24. The summed E-state index contributed by atoms with van der Waals surface area (Å²) >= 11 is 1.12. The van der Waals surface area contributed by atoms with E-state index >= 15 is 8.78 Å². The standard InChI is InChI=1S/C30H37F2N7O6S/c1-17-14-37-24-20(12-21(22(31)23(24)32)26-34-33-19(3)46-26)13-30(25(37)18(2)45-17)27(40)38(15-35-4-8-43-9-5-35)29(42)39(28(30)41)16-36-6-10-44-11-7-36/h12,17-18,25H,4-11,13-16H2,1-3H3/t17-,18+,25?/m0/s1. The zero-order chi connectivity index (χ0) is 32.3. The molecule has 1 aromatic heterocycles. The van der Waals surface area contributed by atoms with Crippen molar-refractivity contribution in [2.45, 2.75) is 45.4 Å². The van der Waals surface area contributed by atoms with Gasteiger partial charge in [-0.3, -0.25) is 19.4 Å². The number of barbiturate groups is 1. The first-order valence-electron chi connectivity index (χ1n) is 15.6. The van der Waals surface area contributed by atoms with Gasteiger partial charge >= 0.3 is 6.03 Å². The molecule has 2 aromatic rings. The molecule has 1 spiro atoms. The second-order valence-electron chi connectivity index (χ2n) is 12.6. The number of morpholine rings is 3. The van der Waals surface area contributed by atoms with Crippen LogP contribution in [-0.4, -0.2) is 138 Å². The first-order chi connectivity index (χ1) is 22.1. The molecule has 1 unspecified atom stereocenters. The molecular weight excluding hydrogens is 624 g/mol. The van der Waals surface area contributed by atoms with Gasteiger partial charge in [-0.15, -0.1) is 10.2 Å². The molecule has 46 heavy (non-hydrogen) atoms. The largest absolute Gasteiger partial charge is 0.379 e. The number of imide groups is 2. The van der Waals surface area contributed by atoms with Crippen molar-refractivity contribution in [3.8, 4) is 10.6 Å². The molecule has 6 heterocycles. The average molecular weight is 662 g/mol. The van der Waals surface area contributed by atoms with Gasteiger partial charge in [0, 0.05) is 39.1 Å². The molecule has 13 nitrogen and oxygen atoms in total. The topological polar surface area (TPSA) is 121 Å². The van der Waals surface area contributed by atoms with Crippen LogP contribution in [0.5, 0.6) is 0 Å². The van der Waals surface area contributed by atoms with Gasteiger partial charge in [-0.2, -0.15) is 0 Å². The minimum Gasteiger partial charge on any atom is -0.379 e. The zero-order valence-corrected chi connectivity index (χ0v) is 26.9. The molecule has 0 N–H and O–H groups in total. The fraction of sp³-hybridized carbons (Fsp3) is 0.633. The van der Waals surface area contributed by atoms with Crippen LogP contribution in [0.25, 0.3) is 10.6 Å². The molecule has 1 aromatic carbocycles. The number of aryl methyl sites for hydroxylation is 1. The first kappa shape index (κ1) is 31.4. The smallest absolute Gasteiger partial charge is 0.335 e. The van der Waals surface area contributed by atoms with Gasteiger partial charge in [0.1, 0.15) is 5.01 Å². The lowest BCUT2D eigenvalue weighted by Gasteiger charge is -2.58. The number of ether oxygens (including phenoxy) is 3. The van der Waals surface area contributed by atoms with Crippen molar-refractivity contribution in [3.63, 3.8) is 0 Å². The van der Waals surface area contributed by atoms with E-state index in [1.54, 1.807) is 18.7 Å². The van der Waals surface area contributed by atoms with Crippen molar-refractivity contribution in [3.05, 3.63) is 28.3 Å². The van der Waals surface area contributed by atoms with Gasteiger partial charge in [0.25, 0.3) is 0 Å². The summed E-state index contributed by atoms with van der Waals surface area (Å²) in [5.41, 5.74) is -1.67. The number of aromatic nitrogens is 2. The number of benzene rings is 1. The summed E-state index contributed by atoms with van der Waals surface area (Å²) in [6, 6.07) is -0.234. The van der Waals surface area contributed by atoms with Crippen LogP contribution >= 0.6 is 11.3 Å². The third-order valence-electron chi connectivity index (χ3n) is 9.56. The van der Waals surface area contributed by atoms with Crippen molar-refractivity contribution < 1.29 is 37.4 Å². The predicted octanol–water partition coefficient (Wildman–Crippen LogP) is 1.69. The number of anilines is 1. The van der Waals surface area contributed by atoms with Crippen molar-refractivity contribution in [2.24, 2.45) is 5.41 Å². The molecular formula is C30H37F2N7O6S. The molecule has 0 bridgehead atoms. The van der Waals surface area contributed by atoms with Gasteiger partial charge in [0.2, 0.25) is 11.8 Å². The van der Waals surface area contributed by atoms with E-state index in [4.69, 9.17) is 14.2 Å². The number of halogens is 2. The maximum atomic E-state index is 16.3. The van der Waals surface area contributed by atoms with Crippen LogP contribution < -0.4 is 4.90 Å². The monoisotopic (exact) mass is 661 g/mol. The van der Waals surface area contributed by atoms with Crippen LogP contribution in [0, 0.1) is 24.0 Å². The highest BCUT2D eigenvalue weighted by molar-refractivity contribution is 7.14. The molecule has 16 heteroatoms. The first-order valence-corrected chi connectivity index (χ1v) is 16.4. The molecule has 5 aliphatic rings. The van der Waals surface area contributed by atoms with Gasteiger partial charge in [-0.25, -0.2) is 23.4 Å². The summed E-state index contributed by atoms with van der Waals surface area (Å²) in [5.74, 6) is -3.49. The molecule has 5 aliphatic heterocycles. The van der Waals surface area contributed by atoms with E-state index in [1.165, 1.54) is 6.07 Å². The van der Waals surface area contributed by atoms with Gasteiger partial charge < -0.3 is 19.1 Å². The summed E-state index contributed by atoms with van der Waals surface area (Å²) in [6.45, 7) is 9.12. The Morgan fingerprint density at radius 3 is 2.04 bits per heavy atom. The summed E-state index contributed by atoms with van der Waals surface area (Å²) in [4.78, 5) is 51.8. The number of carbonyl (C=O) groups is 3. The quantitative estimate of drug-likeness (QED) is 0.436. The molecule has 248 valence electrons. The van der Waals surface area contributed by atoms with Crippen LogP contribution in [0.1, 0.15) is 24.4 Å². The van der Waals surface area contributed by atoms with E-state index in [9.17, 15) is 14.4 Å². The summed E-state index contributed by atoms with van der Waals surface area (Å²) in [5, 5.41) is 8.78. The van der Waals surface area contributed by atoms with Crippen LogP contribution in [0.4, 0.5) is 19.3 Å². The Hall–Kier alpha value is -3.15. The number of rotatable bonds is 5. The lowest BCUT2D eigenvalue weighted by Crippen LogP contribution is -2.77. The molecule has 4 fully saturated rings. The zero-order valence-electron chi connectivity index (χ0n) is 26.0. The second-order valence-corrected chi connectivity index (χ2v) is 13.8. The Balaban J connectivity index is 1.39. The van der Waals surface area contributed by atoms with E-state index in [0.717, 1.165) is 21.1 Å². The van der Waals surface area contributed by atoms with Gasteiger partial charge in [-0.1, -0.05) is 11.3 Å². The van der Waals surface area contributed by atoms with Gasteiger partial charge in [0.05, 0.1) is 69.3 Å². The third kappa shape index (κ3) is 5.09. The number of amides is 4. The highest BCUT2D eigenvalue weighted by atomic mass is 32.1. The average Bonchev–Trinajstić information content (AvgIpc) is 3.48. The third-order valence-corrected chi connectivity index (χ3v) is 10.4. The summed E-state index contributed by atoms with van der Waals surface area (Å²) in [6.07, 6.45) is -1.40. The number of carbonyl (C=O) groups excluding carboxylic acids is 3. The minimum absolute atomic E-state index is 0.00271. The highest BCUT2D eigenvalue weighted by Gasteiger charge is 2.67. The summed E-state index contributed by atoms with van der Waals surface area (Å²) < 4.78 is 49.2. The van der Waals surface area contributed by atoms with Gasteiger partial charge in [0.15, 0.2) is 22.1 Å². The number of fused-ring (bicyclic) bond motifs is 4. The number of nitrogens with zero attached hydrogens (tertiary/aromatic N) is 7. The Morgan fingerprint density at radius 2 is 1.50 bits per heavy atom. The molecule has 3 atom stereocenters. The fourth-order valence-electron chi connectivity index (χ4n) is 7.54. The van der Waals surface area contributed by atoms with Crippen molar-refractivity contribution in [1.29, 1.82) is 0 Å². The lowest BCUT2D eigenvalue weighted by atomic mass is 9.65. The predicted molar refractivity (Wildman–Crippen MR) is 161 cm³/mol. The lowest BCUT2D eigenvalue weighted by molar-refractivity contribution is -0.171. The maximum Gasteiger partial charge on any atom is 0.335 e. The van der Waals surface area contributed by atoms with Crippen LogP contribution in [0.3, 0.4) is 0 Å². The van der Waals surface area contributed by atoms with E-state index in [-0.39, 0.29) is 48.1 Å². The Bertz CT molecular complexity index is 1510. The van der Waals surface area contributed by atoms with Gasteiger partial charge in [-0.05, 0) is 32.4 Å². The summed E-state index contributed by atoms with van der Waals surface area (Å²) in [7, 11) is 0. The van der Waals surface area contributed by atoms with Crippen LogP contribution in [0.15, 0.2) is 6.07 Å². The van der Waals surface area contributed by atoms with Crippen LogP contribution in [0.2, 0.25) is 0 Å². The molecule has 7 rings (SSSR count). The molecule has 0 radical (unpaired) electrons. The number of urea groups is 1. The SMILES string of the molecule is Cc1nnc(-c2cc3c(c(F)c2F)N2C[C@H](C)O[C@H](C)C2C2(C3)C(=O)N(CN3CCOCC3)C(=O)N(CN3CCOCC3)C2=O)s1. The minimum atomic E-state index is -1.86. The van der Waals surface area contributed by atoms with Crippen molar-refractivity contribution >= 4 is 34.9 Å². The highest BCUT2D eigenvalue weighted by Crippen LogP contribution is 2.51. The van der Waals surface area contributed by atoms with Crippen LogP contribution in [-0.2, 0) is 30.2 Å². The normalized spacial score (nSPS) is 27.4. The Morgan fingerprint density at radius 1 is 0.913 bits per heavy atom. The molecule has 4 saturated heterocycles. The Kier molecular flexibility index (Phi) is 8.30. The molecule has 0 aliphatic carbocycles. The van der Waals surface area contributed by atoms with E-state index in [2.05, 4.69) is 10.2 Å². The molecule has 0 saturated carbocycles. The Labute approximate surface area is 268 Å². The number of hydrogen-bond acceptors (Lipinski definition) is 12. The van der Waals surface area contributed by atoms with E-state index in [0.29, 0.717) is 57.6 Å². The van der Waals surface area contributed by atoms with Crippen molar-refractivity contribution in [1.82, 2.24) is 29.8 Å². The van der Waals surface area contributed by atoms with Crippen molar-refractivity contribution in [2.75, 3.05) is 77.4 Å².